The van der Waals surface area contributed by atoms with Crippen LogP contribution in [0.15, 0.2) is 42.7 Å². The maximum absolute atomic E-state index is 12.6. The highest BCUT2D eigenvalue weighted by molar-refractivity contribution is 6.42. The quantitative estimate of drug-likeness (QED) is 0.820. The standard InChI is InChI=1S/C20H22Cl2N4O2/c1-14(19(27)24-16-3-4-17(21)18(22)13-16)25-9-2-10-26(12-11-25)20(28)15-5-7-23-8-6-15/h3-8,13-14H,2,9-12H2,1H3,(H,24,27). The first-order chi connectivity index (χ1) is 13.5. The van der Waals surface area contributed by atoms with Gasteiger partial charge in [0.25, 0.3) is 5.91 Å². The Morgan fingerprint density at radius 1 is 1.04 bits per heavy atom. The molecule has 1 fully saturated rings. The molecule has 0 spiro atoms. The van der Waals surface area contributed by atoms with Gasteiger partial charge < -0.3 is 10.2 Å². The number of anilines is 1. The number of carbonyl (C=O) groups excluding carboxylic acids is 2. The van der Waals surface area contributed by atoms with Crippen LogP contribution in [0.4, 0.5) is 5.69 Å². The Bertz CT molecular complexity index is 847. The molecule has 1 atom stereocenters. The lowest BCUT2D eigenvalue weighted by molar-refractivity contribution is -0.120. The molecular formula is C20H22Cl2N4O2. The van der Waals surface area contributed by atoms with Crippen LogP contribution in [-0.2, 0) is 4.79 Å². The second kappa shape index (κ2) is 9.37. The Hall–Kier alpha value is -2.15. The molecule has 28 heavy (non-hydrogen) atoms. The van der Waals surface area contributed by atoms with Gasteiger partial charge in [-0.15, -0.1) is 0 Å². The highest BCUT2D eigenvalue weighted by Gasteiger charge is 2.26. The van der Waals surface area contributed by atoms with Gasteiger partial charge in [0.2, 0.25) is 5.91 Å². The maximum Gasteiger partial charge on any atom is 0.254 e. The van der Waals surface area contributed by atoms with E-state index in [-0.39, 0.29) is 17.9 Å². The molecule has 0 radical (unpaired) electrons. The molecule has 2 aromatic rings. The van der Waals surface area contributed by atoms with Crippen molar-refractivity contribution in [2.75, 3.05) is 31.5 Å². The third-order valence-electron chi connectivity index (χ3n) is 4.86. The zero-order valence-electron chi connectivity index (χ0n) is 15.6. The van der Waals surface area contributed by atoms with Gasteiger partial charge in [-0.3, -0.25) is 19.5 Å². The molecule has 1 aliphatic rings. The molecule has 1 saturated heterocycles. The number of aromatic nitrogens is 1. The molecule has 1 aromatic carbocycles. The summed E-state index contributed by atoms with van der Waals surface area (Å²) in [5.41, 5.74) is 1.24. The van der Waals surface area contributed by atoms with Gasteiger partial charge in [-0.25, -0.2) is 0 Å². The van der Waals surface area contributed by atoms with Crippen molar-refractivity contribution in [3.63, 3.8) is 0 Å². The largest absolute Gasteiger partial charge is 0.337 e. The number of hydrogen-bond donors (Lipinski definition) is 1. The summed E-state index contributed by atoms with van der Waals surface area (Å²) in [6, 6.07) is 8.11. The molecule has 0 bridgehead atoms. The molecule has 2 amide bonds. The first-order valence-electron chi connectivity index (χ1n) is 9.15. The summed E-state index contributed by atoms with van der Waals surface area (Å²) < 4.78 is 0. The molecule has 8 heteroatoms. The third-order valence-corrected chi connectivity index (χ3v) is 5.60. The van der Waals surface area contributed by atoms with Gasteiger partial charge in [-0.05, 0) is 43.7 Å². The minimum absolute atomic E-state index is 0.00263. The van der Waals surface area contributed by atoms with Crippen LogP contribution in [0.5, 0.6) is 0 Å². The maximum atomic E-state index is 12.6. The van der Waals surface area contributed by atoms with E-state index in [4.69, 9.17) is 23.2 Å². The fraction of sp³-hybridized carbons (Fsp3) is 0.350. The summed E-state index contributed by atoms with van der Waals surface area (Å²) in [7, 11) is 0. The van der Waals surface area contributed by atoms with Crippen molar-refractivity contribution in [3.05, 3.63) is 58.3 Å². The van der Waals surface area contributed by atoms with Crippen molar-refractivity contribution in [2.45, 2.75) is 19.4 Å². The highest BCUT2D eigenvalue weighted by atomic mass is 35.5. The monoisotopic (exact) mass is 420 g/mol. The Morgan fingerprint density at radius 2 is 1.79 bits per heavy atom. The Balaban J connectivity index is 1.59. The lowest BCUT2D eigenvalue weighted by atomic mass is 10.2. The number of amides is 2. The van der Waals surface area contributed by atoms with Gasteiger partial charge in [0.1, 0.15) is 0 Å². The summed E-state index contributed by atoms with van der Waals surface area (Å²) in [6.45, 7) is 4.49. The van der Waals surface area contributed by atoms with Crippen molar-refractivity contribution in [3.8, 4) is 0 Å². The predicted octanol–water partition coefficient (Wildman–Crippen LogP) is 3.56. The number of pyridine rings is 1. The average molecular weight is 421 g/mol. The van der Waals surface area contributed by atoms with E-state index in [1.807, 2.05) is 11.8 Å². The van der Waals surface area contributed by atoms with Crippen molar-refractivity contribution in [1.29, 1.82) is 0 Å². The molecule has 1 aromatic heterocycles. The molecule has 1 aliphatic heterocycles. The van der Waals surface area contributed by atoms with E-state index in [0.29, 0.717) is 40.9 Å². The topological polar surface area (TPSA) is 65.5 Å². The predicted molar refractivity (Wildman–Crippen MR) is 111 cm³/mol. The number of nitrogens with zero attached hydrogens (tertiary/aromatic N) is 3. The minimum Gasteiger partial charge on any atom is -0.337 e. The smallest absolute Gasteiger partial charge is 0.254 e. The molecule has 1 N–H and O–H groups in total. The molecule has 148 valence electrons. The van der Waals surface area contributed by atoms with Crippen LogP contribution in [0.3, 0.4) is 0 Å². The van der Waals surface area contributed by atoms with Gasteiger partial charge in [-0.1, -0.05) is 23.2 Å². The zero-order chi connectivity index (χ0) is 20.1. The molecule has 0 saturated carbocycles. The van der Waals surface area contributed by atoms with Gasteiger partial charge in [0.15, 0.2) is 0 Å². The fourth-order valence-corrected chi connectivity index (χ4v) is 3.49. The van der Waals surface area contributed by atoms with Crippen LogP contribution in [-0.4, -0.2) is 58.8 Å². The summed E-state index contributed by atoms with van der Waals surface area (Å²) in [6.07, 6.45) is 4.04. The van der Waals surface area contributed by atoms with Crippen molar-refractivity contribution in [2.24, 2.45) is 0 Å². The van der Waals surface area contributed by atoms with E-state index in [2.05, 4.69) is 15.2 Å². The lowest BCUT2D eigenvalue weighted by Crippen LogP contribution is -2.44. The van der Waals surface area contributed by atoms with Gasteiger partial charge in [0, 0.05) is 49.8 Å². The Labute approximate surface area is 174 Å². The Kier molecular flexibility index (Phi) is 6.88. The van der Waals surface area contributed by atoms with Crippen LogP contribution in [0.1, 0.15) is 23.7 Å². The van der Waals surface area contributed by atoms with Gasteiger partial charge >= 0.3 is 0 Å². The molecular weight excluding hydrogens is 399 g/mol. The number of nitrogens with one attached hydrogen (secondary N) is 1. The van der Waals surface area contributed by atoms with Crippen LogP contribution < -0.4 is 5.32 Å². The van der Waals surface area contributed by atoms with E-state index >= 15 is 0 Å². The third kappa shape index (κ3) is 5.01. The number of hydrogen-bond acceptors (Lipinski definition) is 4. The van der Waals surface area contributed by atoms with E-state index in [1.54, 1.807) is 42.7 Å². The van der Waals surface area contributed by atoms with Crippen molar-refractivity contribution in [1.82, 2.24) is 14.8 Å². The average Bonchev–Trinajstić information content (AvgIpc) is 2.96. The number of halogens is 2. The summed E-state index contributed by atoms with van der Waals surface area (Å²) in [5.74, 6) is -0.121. The highest BCUT2D eigenvalue weighted by Crippen LogP contribution is 2.25. The van der Waals surface area contributed by atoms with Crippen LogP contribution >= 0.6 is 23.2 Å². The number of rotatable bonds is 4. The normalized spacial score (nSPS) is 16.3. The minimum atomic E-state index is -0.328. The Morgan fingerprint density at radius 3 is 2.50 bits per heavy atom. The summed E-state index contributed by atoms with van der Waals surface area (Å²) in [5, 5.41) is 3.72. The summed E-state index contributed by atoms with van der Waals surface area (Å²) in [4.78, 5) is 33.2. The first-order valence-corrected chi connectivity index (χ1v) is 9.90. The van der Waals surface area contributed by atoms with E-state index in [0.717, 1.165) is 13.0 Å². The molecule has 6 nitrogen and oxygen atoms in total. The second-order valence-corrected chi connectivity index (χ2v) is 7.53. The van der Waals surface area contributed by atoms with Gasteiger partial charge in [-0.2, -0.15) is 0 Å². The molecule has 0 aliphatic carbocycles. The van der Waals surface area contributed by atoms with E-state index in [9.17, 15) is 9.59 Å². The van der Waals surface area contributed by atoms with E-state index < -0.39 is 0 Å². The number of carbonyl (C=O) groups is 2. The molecule has 1 unspecified atom stereocenters. The summed E-state index contributed by atoms with van der Waals surface area (Å²) >= 11 is 11.9. The van der Waals surface area contributed by atoms with Crippen LogP contribution in [0, 0.1) is 0 Å². The van der Waals surface area contributed by atoms with Crippen LogP contribution in [0.2, 0.25) is 10.0 Å². The fourth-order valence-electron chi connectivity index (χ4n) is 3.19. The van der Waals surface area contributed by atoms with Crippen LogP contribution in [0.25, 0.3) is 0 Å². The molecule has 3 rings (SSSR count). The molecule has 2 heterocycles. The lowest BCUT2D eigenvalue weighted by Gasteiger charge is -2.27. The first kappa shape index (κ1) is 20.6. The second-order valence-electron chi connectivity index (χ2n) is 6.71. The van der Waals surface area contributed by atoms with Crippen molar-refractivity contribution < 1.29 is 9.59 Å². The van der Waals surface area contributed by atoms with Crippen molar-refractivity contribution >= 4 is 40.7 Å². The van der Waals surface area contributed by atoms with E-state index in [1.165, 1.54) is 0 Å². The SMILES string of the molecule is CC(C(=O)Nc1ccc(Cl)c(Cl)c1)N1CCCN(C(=O)c2ccncc2)CC1. The zero-order valence-corrected chi connectivity index (χ0v) is 17.1. The number of benzene rings is 1. The van der Waals surface area contributed by atoms with Gasteiger partial charge in [0.05, 0.1) is 16.1 Å².